The Kier molecular flexibility index (Phi) is 3.84. The molecule has 0 bridgehead atoms. The number of imidazole rings is 1. The lowest BCUT2D eigenvalue weighted by molar-refractivity contribution is 0.379. The van der Waals surface area contributed by atoms with Crippen molar-refractivity contribution in [2.75, 3.05) is 32.0 Å². The van der Waals surface area contributed by atoms with Crippen LogP contribution in [0.2, 0.25) is 0 Å². The first-order chi connectivity index (χ1) is 8.19. The van der Waals surface area contributed by atoms with Crippen LogP contribution in [0.5, 0.6) is 0 Å². The van der Waals surface area contributed by atoms with Crippen molar-refractivity contribution < 1.29 is 0 Å². The topological polar surface area (TPSA) is 33.1 Å². The van der Waals surface area contributed by atoms with Gasteiger partial charge in [0.05, 0.1) is 5.69 Å². The molecule has 0 amide bonds. The maximum absolute atomic E-state index is 4.50. The summed E-state index contributed by atoms with van der Waals surface area (Å²) in [5.74, 6) is 1.72. The second-order valence-electron chi connectivity index (χ2n) is 4.94. The molecule has 0 aliphatic carbocycles. The van der Waals surface area contributed by atoms with Gasteiger partial charge in [-0.25, -0.2) is 4.98 Å². The summed E-state index contributed by atoms with van der Waals surface area (Å²) in [4.78, 5) is 6.89. The molecule has 4 heteroatoms. The zero-order valence-corrected chi connectivity index (χ0v) is 10.8. The summed E-state index contributed by atoms with van der Waals surface area (Å²) in [7, 11) is 2.19. The van der Waals surface area contributed by atoms with E-state index in [0.717, 1.165) is 30.6 Å². The SMILES string of the molecule is C=CCNc1nc(C)cn1CC1CCN(C)C1. The van der Waals surface area contributed by atoms with E-state index in [9.17, 15) is 0 Å². The molecule has 17 heavy (non-hydrogen) atoms. The van der Waals surface area contributed by atoms with E-state index < -0.39 is 0 Å². The van der Waals surface area contributed by atoms with Gasteiger partial charge in [0.1, 0.15) is 0 Å². The van der Waals surface area contributed by atoms with Gasteiger partial charge in [0.25, 0.3) is 0 Å². The minimum Gasteiger partial charge on any atom is -0.352 e. The first-order valence-corrected chi connectivity index (χ1v) is 6.26. The van der Waals surface area contributed by atoms with Crippen molar-refractivity contribution in [1.29, 1.82) is 0 Å². The fourth-order valence-corrected chi connectivity index (χ4v) is 2.44. The Bertz CT molecular complexity index is 383. The van der Waals surface area contributed by atoms with Crippen molar-refractivity contribution >= 4 is 5.95 Å². The largest absolute Gasteiger partial charge is 0.352 e. The molecule has 0 spiro atoms. The standard InChI is InChI=1S/C13H22N4/c1-4-6-14-13-15-11(2)8-17(13)10-12-5-7-16(3)9-12/h4,8,12H,1,5-7,9-10H2,2-3H3,(H,14,15). The lowest BCUT2D eigenvalue weighted by Gasteiger charge is -2.13. The summed E-state index contributed by atoms with van der Waals surface area (Å²) in [5, 5.41) is 3.29. The highest BCUT2D eigenvalue weighted by Crippen LogP contribution is 2.19. The predicted molar refractivity (Wildman–Crippen MR) is 71.3 cm³/mol. The molecule has 2 rings (SSSR count). The number of nitrogens with zero attached hydrogens (tertiary/aromatic N) is 3. The molecular weight excluding hydrogens is 212 g/mol. The quantitative estimate of drug-likeness (QED) is 0.788. The number of hydrogen-bond donors (Lipinski definition) is 1. The summed E-state index contributed by atoms with van der Waals surface area (Å²) < 4.78 is 2.24. The van der Waals surface area contributed by atoms with Gasteiger partial charge in [-0.3, -0.25) is 0 Å². The maximum atomic E-state index is 4.50. The molecule has 0 saturated carbocycles. The van der Waals surface area contributed by atoms with Crippen molar-refractivity contribution in [3.8, 4) is 0 Å². The Balaban J connectivity index is 2.01. The summed E-state index contributed by atoms with van der Waals surface area (Å²) in [6.45, 7) is 9.99. The normalized spacial score (nSPS) is 20.7. The number of rotatable bonds is 5. The van der Waals surface area contributed by atoms with Crippen LogP contribution in [-0.2, 0) is 6.54 Å². The number of nitrogens with one attached hydrogen (secondary N) is 1. The third kappa shape index (κ3) is 3.09. The van der Waals surface area contributed by atoms with E-state index in [1.54, 1.807) is 0 Å². The molecule has 1 fully saturated rings. The molecule has 1 saturated heterocycles. The van der Waals surface area contributed by atoms with Gasteiger partial charge < -0.3 is 14.8 Å². The Morgan fingerprint density at radius 2 is 2.47 bits per heavy atom. The highest BCUT2D eigenvalue weighted by molar-refractivity contribution is 5.29. The van der Waals surface area contributed by atoms with Crippen LogP contribution < -0.4 is 5.32 Å². The molecule has 1 unspecified atom stereocenters. The minimum absolute atomic E-state index is 0.748. The lowest BCUT2D eigenvalue weighted by Crippen LogP contribution is -2.18. The summed E-state index contributed by atoms with van der Waals surface area (Å²) in [6, 6.07) is 0. The van der Waals surface area contributed by atoms with Gasteiger partial charge in [-0.15, -0.1) is 6.58 Å². The molecule has 1 aromatic rings. The first-order valence-electron chi connectivity index (χ1n) is 6.26. The van der Waals surface area contributed by atoms with Crippen LogP contribution in [-0.4, -0.2) is 41.1 Å². The van der Waals surface area contributed by atoms with E-state index in [1.807, 2.05) is 13.0 Å². The maximum Gasteiger partial charge on any atom is 0.203 e. The van der Waals surface area contributed by atoms with E-state index >= 15 is 0 Å². The van der Waals surface area contributed by atoms with Crippen LogP contribution in [0, 0.1) is 12.8 Å². The average Bonchev–Trinajstić information content (AvgIpc) is 2.83. The second-order valence-corrected chi connectivity index (χ2v) is 4.94. The van der Waals surface area contributed by atoms with Crippen LogP contribution in [0.4, 0.5) is 5.95 Å². The van der Waals surface area contributed by atoms with Crippen LogP contribution in [0.1, 0.15) is 12.1 Å². The van der Waals surface area contributed by atoms with Gasteiger partial charge in [0.15, 0.2) is 0 Å². The van der Waals surface area contributed by atoms with Crippen molar-refractivity contribution in [1.82, 2.24) is 14.5 Å². The van der Waals surface area contributed by atoms with Gasteiger partial charge in [-0.2, -0.15) is 0 Å². The molecule has 4 nitrogen and oxygen atoms in total. The zero-order chi connectivity index (χ0) is 12.3. The number of anilines is 1. The monoisotopic (exact) mass is 234 g/mol. The van der Waals surface area contributed by atoms with Crippen LogP contribution >= 0.6 is 0 Å². The molecule has 1 aliphatic rings. The lowest BCUT2D eigenvalue weighted by atomic mass is 10.1. The van der Waals surface area contributed by atoms with E-state index in [1.165, 1.54) is 19.5 Å². The first kappa shape index (κ1) is 12.2. The van der Waals surface area contributed by atoms with Crippen LogP contribution in [0.3, 0.4) is 0 Å². The molecular formula is C13H22N4. The average molecular weight is 234 g/mol. The van der Waals surface area contributed by atoms with E-state index in [2.05, 4.69) is 39.6 Å². The molecule has 1 aromatic heterocycles. The molecule has 94 valence electrons. The Labute approximate surface area is 103 Å². The van der Waals surface area contributed by atoms with E-state index in [0.29, 0.717) is 0 Å². The van der Waals surface area contributed by atoms with Gasteiger partial charge in [-0.1, -0.05) is 6.08 Å². The number of aryl methyl sites for hydroxylation is 1. The number of aromatic nitrogens is 2. The second kappa shape index (κ2) is 5.36. The fourth-order valence-electron chi connectivity index (χ4n) is 2.44. The molecule has 0 radical (unpaired) electrons. The third-order valence-electron chi connectivity index (χ3n) is 3.25. The molecule has 1 aliphatic heterocycles. The molecule has 0 aromatic carbocycles. The fraction of sp³-hybridized carbons (Fsp3) is 0.615. The van der Waals surface area contributed by atoms with E-state index in [-0.39, 0.29) is 0 Å². The van der Waals surface area contributed by atoms with Gasteiger partial charge >= 0.3 is 0 Å². The van der Waals surface area contributed by atoms with Crippen molar-refractivity contribution in [3.63, 3.8) is 0 Å². The van der Waals surface area contributed by atoms with Crippen molar-refractivity contribution in [2.45, 2.75) is 19.9 Å². The summed E-state index contributed by atoms with van der Waals surface area (Å²) >= 11 is 0. The highest BCUT2D eigenvalue weighted by atomic mass is 15.2. The molecule has 2 heterocycles. The van der Waals surface area contributed by atoms with Gasteiger partial charge in [0.2, 0.25) is 5.95 Å². The minimum atomic E-state index is 0.748. The molecule has 1 N–H and O–H groups in total. The van der Waals surface area contributed by atoms with E-state index in [4.69, 9.17) is 0 Å². The Morgan fingerprint density at radius 3 is 3.12 bits per heavy atom. The van der Waals surface area contributed by atoms with Gasteiger partial charge in [-0.05, 0) is 32.9 Å². The van der Waals surface area contributed by atoms with Crippen molar-refractivity contribution in [2.24, 2.45) is 5.92 Å². The Morgan fingerprint density at radius 1 is 1.65 bits per heavy atom. The van der Waals surface area contributed by atoms with Crippen molar-refractivity contribution in [3.05, 3.63) is 24.5 Å². The number of hydrogen-bond acceptors (Lipinski definition) is 3. The number of likely N-dealkylation sites (tertiary alicyclic amines) is 1. The third-order valence-corrected chi connectivity index (χ3v) is 3.25. The van der Waals surface area contributed by atoms with Crippen LogP contribution in [0.15, 0.2) is 18.9 Å². The van der Waals surface area contributed by atoms with Gasteiger partial charge in [0, 0.05) is 25.8 Å². The highest BCUT2D eigenvalue weighted by Gasteiger charge is 2.20. The smallest absolute Gasteiger partial charge is 0.203 e. The summed E-state index contributed by atoms with van der Waals surface area (Å²) in [6.07, 6.45) is 5.27. The molecule has 1 atom stereocenters. The predicted octanol–water partition coefficient (Wildman–Crippen LogP) is 1.74. The zero-order valence-electron chi connectivity index (χ0n) is 10.8. The summed E-state index contributed by atoms with van der Waals surface area (Å²) in [5.41, 5.74) is 1.07. The Hall–Kier alpha value is -1.29. The van der Waals surface area contributed by atoms with Crippen LogP contribution in [0.25, 0.3) is 0 Å².